The lowest BCUT2D eigenvalue weighted by Crippen LogP contribution is -2.27. The van der Waals surface area contributed by atoms with Crippen LogP contribution in [0, 0.1) is 79.7 Å². The summed E-state index contributed by atoms with van der Waals surface area (Å²) in [6, 6.07) is 105. The second-order valence-corrected chi connectivity index (χ2v) is 23.3. The third-order valence-electron chi connectivity index (χ3n) is 17.2. The smallest absolute Gasteiger partial charge is 0.0982 e. The molecule has 0 N–H and O–H groups in total. The monoisotopic (exact) mass is 1090 g/mol. The van der Waals surface area contributed by atoms with E-state index in [1.807, 2.05) is 0 Å². The van der Waals surface area contributed by atoms with Gasteiger partial charge in [0.25, 0.3) is 0 Å². The average molecular weight is 1090 g/mol. The van der Waals surface area contributed by atoms with Gasteiger partial charge in [0.1, 0.15) is 0 Å². The van der Waals surface area contributed by atoms with E-state index in [1.165, 1.54) is 66.8 Å². The van der Waals surface area contributed by atoms with E-state index in [4.69, 9.17) is 0 Å². The maximum atomic E-state index is 3.93. The van der Waals surface area contributed by atoms with Crippen LogP contribution in [0.4, 0.5) is 68.2 Å². The molecule has 0 unspecified atom stereocenters. The molecule has 2 aliphatic carbocycles. The summed E-state index contributed by atoms with van der Waals surface area (Å²) in [6.45, 7) is 17.1. The van der Waals surface area contributed by atoms with Gasteiger partial charge in [0.2, 0.25) is 0 Å². The topological polar surface area (TPSA) is 13.0 Å². The minimum atomic E-state index is -0.912. The van der Waals surface area contributed by atoms with Crippen molar-refractivity contribution in [2.24, 2.45) is 0 Å². The molecule has 14 rings (SSSR count). The van der Waals surface area contributed by atoms with E-state index in [-0.39, 0.29) is 0 Å². The van der Waals surface area contributed by atoms with Crippen molar-refractivity contribution in [3.05, 3.63) is 334 Å². The molecule has 408 valence electrons. The van der Waals surface area contributed by atoms with Gasteiger partial charge in [-0.15, -0.1) is 0 Å². The summed E-state index contributed by atoms with van der Waals surface area (Å²) in [6.07, 6.45) is 0. The van der Waals surface area contributed by atoms with Crippen LogP contribution < -0.4 is 19.6 Å². The third-order valence-corrected chi connectivity index (χ3v) is 17.2. The molecule has 85 heavy (non-hydrogen) atoms. The van der Waals surface area contributed by atoms with Crippen LogP contribution in [0.25, 0.3) is 22.3 Å². The van der Waals surface area contributed by atoms with Gasteiger partial charge in [0.15, 0.2) is 0 Å². The summed E-state index contributed by atoms with van der Waals surface area (Å²) in [5, 5.41) is 0. The Morgan fingerprint density at radius 2 is 0.506 bits per heavy atom. The van der Waals surface area contributed by atoms with E-state index in [0.717, 1.165) is 90.5 Å². The van der Waals surface area contributed by atoms with Crippen LogP contribution in [0.1, 0.15) is 66.8 Å². The molecule has 2 aliphatic rings. The highest BCUT2D eigenvalue weighted by atomic mass is 15.2. The number of aryl methyl sites for hydroxylation is 8. The Bertz CT molecular complexity index is 3680. The van der Waals surface area contributed by atoms with Crippen LogP contribution in [0.5, 0.6) is 0 Å². The van der Waals surface area contributed by atoms with Crippen LogP contribution in [-0.2, 0) is 5.41 Å². The maximum absolute atomic E-state index is 3.93. The molecule has 4 heteroatoms. The summed E-state index contributed by atoms with van der Waals surface area (Å²) in [5.74, 6) is 0. The van der Waals surface area contributed by atoms with Crippen LogP contribution in [0.3, 0.4) is 0 Å². The molecule has 12 aromatic carbocycles. The lowest BCUT2D eigenvalue weighted by atomic mass is 9.70. The van der Waals surface area contributed by atoms with Gasteiger partial charge in [-0.25, -0.2) is 0 Å². The van der Waals surface area contributed by atoms with E-state index >= 15 is 0 Å². The summed E-state index contributed by atoms with van der Waals surface area (Å²) in [5.41, 5.74) is 30.1. The predicted molar refractivity (Wildman–Crippen MR) is 355 cm³/mol. The van der Waals surface area contributed by atoms with Gasteiger partial charge >= 0.3 is 0 Å². The Morgan fingerprint density at radius 3 is 0.824 bits per heavy atom. The summed E-state index contributed by atoms with van der Waals surface area (Å²) < 4.78 is 0. The first-order chi connectivity index (χ1) is 41.4. The fourth-order valence-electron chi connectivity index (χ4n) is 12.8. The number of fused-ring (bicyclic) bond motifs is 10. The number of rotatable bonds is 12. The van der Waals surface area contributed by atoms with Gasteiger partial charge in [0.05, 0.1) is 16.8 Å². The van der Waals surface area contributed by atoms with Gasteiger partial charge in [-0.2, -0.15) is 0 Å². The molecule has 0 atom stereocenters. The minimum Gasteiger partial charge on any atom is -0.310 e. The largest absolute Gasteiger partial charge is 0.310 e. The SMILES string of the molecule is Cc1c#cc(N(c2c#cc3c(c2)C2(c4cc(N(c5ccc(C)cc5)c5ccc(C)cc5)ccc4-3)c3cc(N(c4ccc(C)cc4)c4ccc(C)cc4)ccc3-c3ccc(N(c4ccc(C)cc4)c4ccc(C)cc4)cc32)c2ccc(C)cc2)cc1. The first-order valence-electron chi connectivity index (χ1n) is 29.4. The fourth-order valence-corrected chi connectivity index (χ4v) is 12.8. The van der Waals surface area contributed by atoms with Gasteiger partial charge in [-0.1, -0.05) is 154 Å². The van der Waals surface area contributed by atoms with E-state index in [0.29, 0.717) is 0 Å². The number of anilines is 12. The molecule has 0 amide bonds. The van der Waals surface area contributed by atoms with Gasteiger partial charge in [0, 0.05) is 62.4 Å². The second kappa shape index (κ2) is 21.0. The zero-order chi connectivity index (χ0) is 58.1. The standard InChI is InChI=1S/C81H64N4/c1-53-9-25-61(26-10-53)82(62-27-11-54(2)12-28-62)69-41-45-73-74-46-42-70(83(63-29-13-55(3)14-30-63)64-31-15-56(4)16-32-64)50-78(74)81(77(73)49-69)79-51-71(84(65-33-17-57(5)18-34-65)66-35-19-58(6)20-36-66)43-47-75(79)76-48-44-72(52-80(76)81)85(67-37-21-59(7)22-38-67)68-39-23-60(8)24-40-68/h9-23,25-39,41-43,45-47,49-52H,1-8H3. The Hall–Kier alpha value is -10.5. The highest BCUT2D eigenvalue weighted by Gasteiger charge is 2.53. The zero-order valence-corrected chi connectivity index (χ0v) is 49.4. The van der Waals surface area contributed by atoms with Gasteiger partial charge in [-0.3, -0.25) is 4.90 Å². The van der Waals surface area contributed by atoms with Crippen molar-refractivity contribution in [1.82, 2.24) is 0 Å². The molecule has 4 nitrogen and oxygen atoms in total. The molecule has 0 bridgehead atoms. The number of benzene rings is 10. The molecule has 0 aromatic heterocycles. The summed E-state index contributed by atoms with van der Waals surface area (Å²) >= 11 is 0. The quantitative estimate of drug-likeness (QED) is 0.121. The predicted octanol–water partition coefficient (Wildman–Crippen LogP) is 21.6. The zero-order valence-electron chi connectivity index (χ0n) is 49.4. The molecule has 0 saturated heterocycles. The van der Waals surface area contributed by atoms with Gasteiger partial charge in [-0.05, 0) is 252 Å². The van der Waals surface area contributed by atoms with Gasteiger partial charge < -0.3 is 14.7 Å². The third kappa shape index (κ3) is 9.25. The van der Waals surface area contributed by atoms with Crippen LogP contribution in [0.15, 0.2) is 243 Å². The number of hydrogen-bond donors (Lipinski definition) is 0. The molecule has 1 spiro atoms. The minimum absolute atomic E-state index is 0.855. The van der Waals surface area contributed by atoms with Crippen molar-refractivity contribution in [1.29, 1.82) is 0 Å². The Labute approximate surface area is 501 Å². The fraction of sp³-hybridized carbons (Fsp3) is 0.111. The molecular weight excluding hydrogens is 1030 g/mol. The normalized spacial score (nSPS) is 12.1. The Kier molecular flexibility index (Phi) is 13.0. The van der Waals surface area contributed by atoms with Crippen molar-refractivity contribution in [3.63, 3.8) is 0 Å². The summed E-state index contributed by atoms with van der Waals surface area (Å²) in [7, 11) is 0. The molecule has 0 aliphatic heterocycles. The molecule has 0 radical (unpaired) electrons. The average Bonchev–Trinajstić information content (AvgIpc) is 1.53. The number of nitrogens with zero attached hydrogens (tertiary/aromatic N) is 4. The van der Waals surface area contributed by atoms with Crippen molar-refractivity contribution in [3.8, 4) is 22.3 Å². The molecule has 0 fully saturated rings. The van der Waals surface area contributed by atoms with Crippen molar-refractivity contribution in [2.45, 2.75) is 60.8 Å². The lowest BCUT2D eigenvalue weighted by molar-refractivity contribution is 0.793. The molecule has 12 aromatic rings. The van der Waals surface area contributed by atoms with Crippen molar-refractivity contribution < 1.29 is 0 Å². The van der Waals surface area contributed by atoms with Crippen molar-refractivity contribution >= 4 is 68.2 Å². The highest BCUT2D eigenvalue weighted by Crippen LogP contribution is 2.65. The van der Waals surface area contributed by atoms with E-state index in [1.54, 1.807) is 0 Å². The first-order valence-corrected chi connectivity index (χ1v) is 29.4. The number of hydrogen-bond acceptors (Lipinski definition) is 4. The van der Waals surface area contributed by atoms with E-state index in [9.17, 15) is 0 Å². The van der Waals surface area contributed by atoms with E-state index < -0.39 is 5.41 Å². The summed E-state index contributed by atoms with van der Waals surface area (Å²) in [4.78, 5) is 9.51. The Balaban J connectivity index is 1.10. The molecule has 0 heterocycles. The maximum Gasteiger partial charge on any atom is 0.0982 e. The van der Waals surface area contributed by atoms with Crippen LogP contribution in [-0.4, -0.2) is 0 Å². The highest BCUT2D eigenvalue weighted by molar-refractivity contribution is 5.99. The molecular formula is C81H64N4. The van der Waals surface area contributed by atoms with Crippen LogP contribution in [0.2, 0.25) is 0 Å². The lowest BCUT2D eigenvalue weighted by Gasteiger charge is -2.34. The van der Waals surface area contributed by atoms with Crippen LogP contribution >= 0.6 is 0 Å². The second-order valence-electron chi connectivity index (χ2n) is 23.3. The Morgan fingerprint density at radius 1 is 0.224 bits per heavy atom. The molecule has 0 saturated carbocycles. The van der Waals surface area contributed by atoms with E-state index in [2.05, 4.69) is 342 Å². The first kappa shape index (κ1) is 52.5. The van der Waals surface area contributed by atoms with Crippen molar-refractivity contribution in [2.75, 3.05) is 19.6 Å².